The Kier molecular flexibility index (Phi) is 3.53. The van der Waals surface area contributed by atoms with E-state index in [1.165, 1.54) is 0 Å². The number of benzene rings is 1. The van der Waals surface area contributed by atoms with Crippen molar-refractivity contribution >= 4 is 17.4 Å². The van der Waals surface area contributed by atoms with Gasteiger partial charge in [-0.3, -0.25) is 0 Å². The molecule has 6 heteroatoms. The molecule has 0 radical (unpaired) electrons. The van der Waals surface area contributed by atoms with E-state index in [9.17, 15) is 0 Å². The lowest BCUT2D eigenvalue weighted by atomic mass is 10.2. The van der Waals surface area contributed by atoms with Gasteiger partial charge in [0.25, 0.3) is 0 Å². The number of rotatable bonds is 4. The minimum atomic E-state index is 0.656. The van der Waals surface area contributed by atoms with E-state index in [1.54, 1.807) is 25.2 Å². The van der Waals surface area contributed by atoms with E-state index in [1.807, 2.05) is 29.8 Å². The number of nitrogens with two attached hydrogens (primary N) is 1. The molecule has 0 aliphatic rings. The SMILES string of the molecule is COc1ccc(CSc2nncn2C)cc1N. The van der Waals surface area contributed by atoms with Crippen molar-refractivity contribution < 1.29 is 4.74 Å². The minimum Gasteiger partial charge on any atom is -0.495 e. The third-order valence-corrected chi connectivity index (χ3v) is 3.44. The molecule has 0 aliphatic carbocycles. The lowest BCUT2D eigenvalue weighted by molar-refractivity contribution is 0.417. The van der Waals surface area contributed by atoms with Gasteiger partial charge in [0.2, 0.25) is 0 Å². The first-order valence-corrected chi connectivity index (χ1v) is 6.08. The summed E-state index contributed by atoms with van der Waals surface area (Å²) in [6.07, 6.45) is 1.69. The topological polar surface area (TPSA) is 66.0 Å². The Morgan fingerprint density at radius 2 is 2.29 bits per heavy atom. The van der Waals surface area contributed by atoms with E-state index in [-0.39, 0.29) is 0 Å². The van der Waals surface area contributed by atoms with Crippen LogP contribution in [0, 0.1) is 0 Å². The molecule has 1 heterocycles. The van der Waals surface area contributed by atoms with Crippen LogP contribution in [0.1, 0.15) is 5.56 Å². The highest BCUT2D eigenvalue weighted by Gasteiger charge is 2.04. The standard InChI is InChI=1S/C11H14N4OS/c1-15-7-13-14-11(15)17-6-8-3-4-10(16-2)9(12)5-8/h3-5,7H,6,12H2,1-2H3. The summed E-state index contributed by atoms with van der Waals surface area (Å²) in [4.78, 5) is 0. The molecule has 5 nitrogen and oxygen atoms in total. The smallest absolute Gasteiger partial charge is 0.191 e. The number of anilines is 1. The van der Waals surface area contributed by atoms with Crippen molar-refractivity contribution in [3.05, 3.63) is 30.1 Å². The molecule has 0 fully saturated rings. The third kappa shape index (κ3) is 2.71. The van der Waals surface area contributed by atoms with Gasteiger partial charge >= 0.3 is 0 Å². The molecular weight excluding hydrogens is 236 g/mol. The lowest BCUT2D eigenvalue weighted by Gasteiger charge is -2.06. The van der Waals surface area contributed by atoms with Gasteiger partial charge in [0.15, 0.2) is 5.16 Å². The number of ether oxygens (including phenoxy) is 1. The van der Waals surface area contributed by atoms with E-state index < -0.39 is 0 Å². The van der Waals surface area contributed by atoms with Gasteiger partial charge in [-0.05, 0) is 17.7 Å². The van der Waals surface area contributed by atoms with Crippen LogP contribution >= 0.6 is 11.8 Å². The second-order valence-corrected chi connectivity index (χ2v) is 4.53. The largest absolute Gasteiger partial charge is 0.495 e. The fourth-order valence-corrected chi connectivity index (χ4v) is 2.26. The highest BCUT2D eigenvalue weighted by Crippen LogP contribution is 2.26. The summed E-state index contributed by atoms with van der Waals surface area (Å²) in [7, 11) is 3.53. The van der Waals surface area contributed by atoms with Crippen LogP contribution in [0.2, 0.25) is 0 Å². The zero-order valence-corrected chi connectivity index (χ0v) is 10.6. The maximum absolute atomic E-state index is 5.84. The van der Waals surface area contributed by atoms with Crippen molar-refractivity contribution in [1.82, 2.24) is 14.8 Å². The van der Waals surface area contributed by atoms with E-state index in [0.29, 0.717) is 11.4 Å². The van der Waals surface area contributed by atoms with Gasteiger partial charge < -0.3 is 15.0 Å². The molecule has 90 valence electrons. The highest BCUT2D eigenvalue weighted by molar-refractivity contribution is 7.98. The van der Waals surface area contributed by atoms with Gasteiger partial charge in [0.05, 0.1) is 12.8 Å². The number of hydrogen-bond donors (Lipinski definition) is 1. The average molecular weight is 250 g/mol. The highest BCUT2D eigenvalue weighted by atomic mass is 32.2. The van der Waals surface area contributed by atoms with Gasteiger partial charge in [-0.1, -0.05) is 17.8 Å². The summed E-state index contributed by atoms with van der Waals surface area (Å²) >= 11 is 1.62. The number of aromatic nitrogens is 3. The molecule has 0 unspecified atom stereocenters. The fourth-order valence-electron chi connectivity index (χ4n) is 1.42. The average Bonchev–Trinajstić information content (AvgIpc) is 2.72. The molecule has 2 N–H and O–H groups in total. The predicted molar refractivity (Wildman–Crippen MR) is 68.0 cm³/mol. The normalized spacial score (nSPS) is 10.5. The van der Waals surface area contributed by atoms with E-state index in [0.717, 1.165) is 16.5 Å². The van der Waals surface area contributed by atoms with E-state index in [4.69, 9.17) is 10.5 Å². The molecule has 0 saturated heterocycles. The van der Waals surface area contributed by atoms with E-state index in [2.05, 4.69) is 10.2 Å². The maximum atomic E-state index is 5.84. The van der Waals surface area contributed by atoms with Crippen LogP contribution in [0.15, 0.2) is 29.7 Å². The van der Waals surface area contributed by atoms with Crippen LogP contribution < -0.4 is 10.5 Å². The van der Waals surface area contributed by atoms with Gasteiger partial charge in [0, 0.05) is 12.8 Å². The molecule has 2 rings (SSSR count). The molecule has 17 heavy (non-hydrogen) atoms. The first-order valence-electron chi connectivity index (χ1n) is 5.10. The number of hydrogen-bond acceptors (Lipinski definition) is 5. The van der Waals surface area contributed by atoms with Crippen molar-refractivity contribution in [1.29, 1.82) is 0 Å². The number of nitrogen functional groups attached to an aromatic ring is 1. The number of aryl methyl sites for hydroxylation is 1. The number of nitrogens with zero attached hydrogens (tertiary/aromatic N) is 3. The molecule has 0 spiro atoms. The summed E-state index contributed by atoms with van der Waals surface area (Å²) in [5.41, 5.74) is 7.63. The number of thioether (sulfide) groups is 1. The molecule has 0 bridgehead atoms. The maximum Gasteiger partial charge on any atom is 0.191 e. The second kappa shape index (κ2) is 5.09. The quantitative estimate of drug-likeness (QED) is 0.661. The summed E-state index contributed by atoms with van der Waals surface area (Å²) in [5, 5.41) is 8.72. The van der Waals surface area contributed by atoms with Crippen LogP contribution in [-0.2, 0) is 12.8 Å². The molecule has 0 aliphatic heterocycles. The second-order valence-electron chi connectivity index (χ2n) is 3.59. The van der Waals surface area contributed by atoms with E-state index >= 15 is 0 Å². The van der Waals surface area contributed by atoms with Crippen LogP contribution in [-0.4, -0.2) is 21.9 Å². The van der Waals surface area contributed by atoms with Crippen molar-refractivity contribution in [2.45, 2.75) is 10.9 Å². The predicted octanol–water partition coefficient (Wildman–Crippen LogP) is 1.70. The molecular formula is C11H14N4OS. The third-order valence-electron chi connectivity index (χ3n) is 2.33. The van der Waals surface area contributed by atoms with Crippen LogP contribution in [0.5, 0.6) is 5.75 Å². The lowest BCUT2D eigenvalue weighted by Crippen LogP contribution is -1.94. The van der Waals surface area contributed by atoms with Gasteiger partial charge in [0.1, 0.15) is 12.1 Å². The Hall–Kier alpha value is -1.69. The van der Waals surface area contributed by atoms with Crippen molar-refractivity contribution in [2.75, 3.05) is 12.8 Å². The molecule has 0 atom stereocenters. The Labute approximate surface area is 104 Å². The summed E-state index contributed by atoms with van der Waals surface area (Å²) in [6, 6.07) is 5.79. The van der Waals surface area contributed by atoms with Gasteiger partial charge in [-0.25, -0.2) is 0 Å². The Morgan fingerprint density at radius 3 is 2.88 bits per heavy atom. The van der Waals surface area contributed by atoms with Crippen molar-refractivity contribution in [3.63, 3.8) is 0 Å². The van der Waals surface area contributed by atoms with Gasteiger partial charge in [-0.15, -0.1) is 10.2 Å². The molecule has 0 amide bonds. The van der Waals surface area contributed by atoms with Crippen LogP contribution in [0.25, 0.3) is 0 Å². The van der Waals surface area contributed by atoms with Crippen LogP contribution in [0.4, 0.5) is 5.69 Å². The zero-order chi connectivity index (χ0) is 12.3. The zero-order valence-electron chi connectivity index (χ0n) is 9.75. The van der Waals surface area contributed by atoms with Crippen molar-refractivity contribution in [2.24, 2.45) is 7.05 Å². The molecule has 1 aromatic heterocycles. The summed E-state index contributed by atoms with van der Waals surface area (Å²) in [6.45, 7) is 0. The molecule has 2 aromatic rings. The van der Waals surface area contributed by atoms with Crippen molar-refractivity contribution in [3.8, 4) is 5.75 Å². The Bertz CT molecular complexity index is 512. The number of methoxy groups -OCH3 is 1. The summed E-state index contributed by atoms with van der Waals surface area (Å²) in [5.74, 6) is 1.51. The summed E-state index contributed by atoms with van der Waals surface area (Å²) < 4.78 is 7.00. The van der Waals surface area contributed by atoms with Gasteiger partial charge in [-0.2, -0.15) is 0 Å². The first-order chi connectivity index (χ1) is 8.20. The first kappa shape index (κ1) is 11.8. The fraction of sp³-hybridized carbons (Fsp3) is 0.273. The van der Waals surface area contributed by atoms with Crippen LogP contribution in [0.3, 0.4) is 0 Å². The Morgan fingerprint density at radius 1 is 1.47 bits per heavy atom. The molecule has 1 aromatic carbocycles. The monoisotopic (exact) mass is 250 g/mol. The minimum absolute atomic E-state index is 0.656. The Balaban J connectivity index is 2.05. The molecule has 0 saturated carbocycles.